The fourth-order valence-corrected chi connectivity index (χ4v) is 0.136. The second-order valence-corrected chi connectivity index (χ2v) is 0.793. The van der Waals surface area contributed by atoms with Crippen LogP contribution in [0.5, 0.6) is 0 Å². The third-order valence-electron chi connectivity index (χ3n) is 0.190. The molecule has 0 aliphatic heterocycles. The Morgan fingerprint density at radius 2 is 2.20 bits per heavy atom. The fraction of sp³-hybridized carbons (Fsp3) is 0. The average molecular weight is 87.1 g/mol. The summed E-state index contributed by atoms with van der Waals surface area (Å²) in [4.78, 5) is 0. The van der Waals surface area contributed by atoms with Crippen LogP contribution in [0.4, 0.5) is 0 Å². The highest BCUT2D eigenvalue weighted by molar-refractivity contribution is 7.79. The van der Waals surface area contributed by atoms with Gasteiger partial charge in [0, 0.05) is 5.37 Å². The maximum atomic E-state index is 4.86. The molecular formula is C3H5NS. The summed E-state index contributed by atoms with van der Waals surface area (Å²) < 4.78 is 0. The second-order valence-electron chi connectivity index (χ2n) is 0.521. The number of thiocarbonyl (C=S) groups is 1. The minimum atomic E-state index is 1.40. The highest BCUT2D eigenvalue weighted by Crippen LogP contribution is 1.51. The standard InChI is InChI=1S/C3H5NS/c4-2-1-3-5/h1-3H,4H2/b2-1-. The van der Waals surface area contributed by atoms with E-state index in [4.69, 9.17) is 5.73 Å². The van der Waals surface area contributed by atoms with E-state index in [1.807, 2.05) is 0 Å². The van der Waals surface area contributed by atoms with Crippen LogP contribution in [0.1, 0.15) is 0 Å². The highest BCUT2D eigenvalue weighted by atomic mass is 32.1. The maximum Gasteiger partial charge on any atom is 0.00277 e. The SMILES string of the molecule is N/C=C\C=S. The molecule has 0 amide bonds. The molecule has 0 aromatic rings. The third kappa shape index (κ3) is 3.63. The predicted molar refractivity (Wildman–Crippen MR) is 27.0 cm³/mol. The lowest BCUT2D eigenvalue weighted by Crippen LogP contribution is -1.73. The Labute approximate surface area is 36.5 Å². The first-order chi connectivity index (χ1) is 2.41. The van der Waals surface area contributed by atoms with Crippen molar-refractivity contribution < 1.29 is 0 Å². The van der Waals surface area contributed by atoms with E-state index >= 15 is 0 Å². The molecule has 0 aromatic heterocycles. The van der Waals surface area contributed by atoms with E-state index < -0.39 is 0 Å². The van der Waals surface area contributed by atoms with Crippen LogP contribution in [-0.4, -0.2) is 5.37 Å². The van der Waals surface area contributed by atoms with Crippen molar-refractivity contribution in [1.29, 1.82) is 0 Å². The summed E-state index contributed by atoms with van der Waals surface area (Å²) in [6.45, 7) is 0. The quantitative estimate of drug-likeness (QED) is 0.371. The molecular weight excluding hydrogens is 82.1 g/mol. The predicted octanol–water partition coefficient (Wildman–Crippen LogP) is 0.459. The van der Waals surface area contributed by atoms with Crippen molar-refractivity contribution in [3.63, 3.8) is 0 Å². The average Bonchev–Trinajstić information content (AvgIpc) is 1.41. The molecule has 2 N–H and O–H groups in total. The van der Waals surface area contributed by atoms with E-state index in [-0.39, 0.29) is 0 Å². The van der Waals surface area contributed by atoms with Crippen molar-refractivity contribution >= 4 is 17.6 Å². The van der Waals surface area contributed by atoms with Gasteiger partial charge in [-0.2, -0.15) is 0 Å². The van der Waals surface area contributed by atoms with Gasteiger partial charge in [-0.3, -0.25) is 0 Å². The van der Waals surface area contributed by atoms with Gasteiger partial charge in [-0.1, -0.05) is 12.2 Å². The topological polar surface area (TPSA) is 26.0 Å². The third-order valence-corrected chi connectivity index (χ3v) is 0.347. The number of allylic oxidation sites excluding steroid dienone is 1. The molecule has 0 aliphatic rings. The Kier molecular flexibility index (Phi) is 3.36. The Hall–Kier alpha value is -0.370. The lowest BCUT2D eigenvalue weighted by Gasteiger charge is -1.56. The number of hydrogen-bond donors (Lipinski definition) is 1. The lowest BCUT2D eigenvalue weighted by molar-refractivity contribution is 1.63. The number of nitrogens with two attached hydrogens (primary N) is 1. The van der Waals surface area contributed by atoms with Gasteiger partial charge in [0.25, 0.3) is 0 Å². The van der Waals surface area contributed by atoms with Gasteiger partial charge < -0.3 is 5.73 Å². The minimum Gasteiger partial charge on any atom is -0.405 e. The largest absolute Gasteiger partial charge is 0.405 e. The van der Waals surface area contributed by atoms with Crippen LogP contribution >= 0.6 is 12.2 Å². The van der Waals surface area contributed by atoms with Crippen LogP contribution in [0.3, 0.4) is 0 Å². The number of hydrogen-bond acceptors (Lipinski definition) is 2. The van der Waals surface area contributed by atoms with Crippen molar-refractivity contribution in [2.45, 2.75) is 0 Å². The summed E-state index contributed by atoms with van der Waals surface area (Å²) in [7, 11) is 0. The molecule has 0 heterocycles. The van der Waals surface area contributed by atoms with Gasteiger partial charge in [-0.25, -0.2) is 0 Å². The molecule has 0 spiro atoms. The van der Waals surface area contributed by atoms with E-state index in [1.165, 1.54) is 11.6 Å². The highest BCUT2D eigenvalue weighted by Gasteiger charge is 1.43. The molecule has 0 radical (unpaired) electrons. The Morgan fingerprint density at radius 1 is 1.60 bits per heavy atom. The van der Waals surface area contributed by atoms with Crippen LogP contribution in [0, 0.1) is 0 Å². The van der Waals surface area contributed by atoms with Crippen LogP contribution < -0.4 is 5.73 Å². The molecule has 2 heteroatoms. The maximum absolute atomic E-state index is 4.86. The molecule has 0 fully saturated rings. The first-order valence-electron chi connectivity index (χ1n) is 1.24. The Morgan fingerprint density at radius 3 is 2.20 bits per heavy atom. The summed E-state index contributed by atoms with van der Waals surface area (Å²) in [6, 6.07) is 0. The molecule has 1 nitrogen and oxygen atoms in total. The van der Waals surface area contributed by atoms with Gasteiger partial charge in [0.05, 0.1) is 0 Å². The van der Waals surface area contributed by atoms with Gasteiger partial charge in [-0.05, 0) is 12.3 Å². The van der Waals surface area contributed by atoms with Gasteiger partial charge in [0.1, 0.15) is 0 Å². The zero-order valence-electron chi connectivity index (χ0n) is 2.72. The molecule has 0 saturated carbocycles. The van der Waals surface area contributed by atoms with Crippen LogP contribution in [0.2, 0.25) is 0 Å². The summed E-state index contributed by atoms with van der Waals surface area (Å²) in [5, 5.41) is 1.46. The summed E-state index contributed by atoms with van der Waals surface area (Å²) in [5.74, 6) is 0. The van der Waals surface area contributed by atoms with Crippen molar-refractivity contribution in [1.82, 2.24) is 0 Å². The van der Waals surface area contributed by atoms with Crippen molar-refractivity contribution in [2.24, 2.45) is 5.73 Å². The van der Waals surface area contributed by atoms with Crippen molar-refractivity contribution in [3.05, 3.63) is 12.3 Å². The lowest BCUT2D eigenvalue weighted by atomic mass is 10.7. The van der Waals surface area contributed by atoms with Crippen LogP contribution in [0.25, 0.3) is 0 Å². The fourth-order valence-electron chi connectivity index (χ4n) is 0.0454. The van der Waals surface area contributed by atoms with E-state index in [9.17, 15) is 0 Å². The molecule has 0 atom stereocenters. The van der Waals surface area contributed by atoms with Crippen LogP contribution in [-0.2, 0) is 0 Å². The molecule has 0 aliphatic carbocycles. The molecule has 0 aromatic carbocycles. The summed E-state index contributed by atoms with van der Waals surface area (Å²) >= 11 is 4.36. The number of rotatable bonds is 1. The minimum absolute atomic E-state index is 1.40. The summed E-state index contributed by atoms with van der Waals surface area (Å²) in [6.07, 6.45) is 2.99. The zero-order valence-corrected chi connectivity index (χ0v) is 3.53. The van der Waals surface area contributed by atoms with E-state index in [0.29, 0.717) is 0 Å². The van der Waals surface area contributed by atoms with E-state index in [0.717, 1.165) is 0 Å². The van der Waals surface area contributed by atoms with Gasteiger partial charge in [0.15, 0.2) is 0 Å². The van der Waals surface area contributed by atoms with E-state index in [2.05, 4.69) is 12.2 Å². The monoisotopic (exact) mass is 87.0 g/mol. The zero-order chi connectivity index (χ0) is 4.12. The van der Waals surface area contributed by atoms with Gasteiger partial charge in [0.2, 0.25) is 0 Å². The van der Waals surface area contributed by atoms with Gasteiger partial charge >= 0.3 is 0 Å². The van der Waals surface area contributed by atoms with Gasteiger partial charge in [-0.15, -0.1) is 0 Å². The molecule has 5 heavy (non-hydrogen) atoms. The molecule has 0 bridgehead atoms. The Bertz CT molecular complexity index is 48.9. The smallest absolute Gasteiger partial charge is 0.00277 e. The van der Waals surface area contributed by atoms with Crippen molar-refractivity contribution in [2.75, 3.05) is 0 Å². The molecule has 0 unspecified atom stereocenters. The molecule has 0 rings (SSSR count). The molecule has 28 valence electrons. The van der Waals surface area contributed by atoms with Crippen LogP contribution in [0.15, 0.2) is 12.3 Å². The first kappa shape index (κ1) is 4.63. The molecule has 0 saturated heterocycles. The van der Waals surface area contributed by atoms with Crippen molar-refractivity contribution in [3.8, 4) is 0 Å². The Balaban J connectivity index is 2.92. The van der Waals surface area contributed by atoms with E-state index in [1.54, 1.807) is 6.08 Å². The second kappa shape index (κ2) is 3.63. The first-order valence-corrected chi connectivity index (χ1v) is 1.71. The summed E-state index contributed by atoms with van der Waals surface area (Å²) in [5.41, 5.74) is 4.86. The normalized spacial score (nSPS) is 8.80.